The van der Waals surface area contributed by atoms with Gasteiger partial charge in [0.25, 0.3) is 0 Å². The molecule has 174 valence electrons. The first-order chi connectivity index (χ1) is 15.1. The van der Waals surface area contributed by atoms with Gasteiger partial charge in [-0.05, 0) is 69.0 Å². The highest BCUT2D eigenvalue weighted by Gasteiger charge is 2.20. The van der Waals surface area contributed by atoms with E-state index in [0.29, 0.717) is 18.0 Å². The highest BCUT2D eigenvalue weighted by molar-refractivity contribution is 5.76. The maximum absolute atomic E-state index is 11.0. The Hall–Kier alpha value is -2.24. The number of rotatable bonds is 10. The van der Waals surface area contributed by atoms with Crippen LogP contribution in [0.1, 0.15) is 59.3 Å². The van der Waals surface area contributed by atoms with Crippen LogP contribution in [0.2, 0.25) is 0 Å². The zero-order chi connectivity index (χ0) is 23.5. The summed E-state index contributed by atoms with van der Waals surface area (Å²) in [5, 5.41) is 6.78. The smallest absolute Gasteiger partial charge is 0.309 e. The topological polar surface area (TPSA) is 67.4 Å². The lowest BCUT2D eigenvalue weighted by atomic mass is 10.1. The standard InChI is InChI=1S/C13H24N2.C11H12O3.C2H6/c1-4-11-9-13(10-12(11)5-2)15-8-6-7-14-3;1-14-11(13)7-9-3-2-4-10(8-12)6-5-9;1-2/h4,13-15H,1,5-10H2,2-3H3;2-3,5-6,8H,4,7H2,1H3;1-2H3. The van der Waals surface area contributed by atoms with Crippen molar-refractivity contribution in [3.8, 4) is 0 Å². The summed E-state index contributed by atoms with van der Waals surface area (Å²) >= 11 is 0. The van der Waals surface area contributed by atoms with Crippen LogP contribution in [0, 0.1) is 0 Å². The second kappa shape index (κ2) is 18.5. The Morgan fingerprint density at radius 3 is 2.55 bits per heavy atom. The number of methoxy groups -OCH3 is 1. The molecule has 0 fully saturated rings. The number of hydrogen-bond donors (Lipinski definition) is 2. The third-order valence-corrected chi connectivity index (χ3v) is 5.05. The lowest BCUT2D eigenvalue weighted by Crippen LogP contribution is -2.29. The van der Waals surface area contributed by atoms with E-state index in [4.69, 9.17) is 0 Å². The monoisotopic (exact) mass is 430 g/mol. The summed E-state index contributed by atoms with van der Waals surface area (Å²) in [6.45, 7) is 12.3. The Morgan fingerprint density at radius 1 is 1.26 bits per heavy atom. The van der Waals surface area contributed by atoms with Gasteiger partial charge in [-0.25, -0.2) is 0 Å². The van der Waals surface area contributed by atoms with Crippen LogP contribution in [0.5, 0.6) is 0 Å². The molecule has 0 heterocycles. The molecule has 2 rings (SSSR count). The molecule has 0 bridgehead atoms. The summed E-state index contributed by atoms with van der Waals surface area (Å²) in [6, 6.07) is 0.657. The van der Waals surface area contributed by atoms with Crippen LogP contribution >= 0.6 is 0 Å². The molecule has 0 aromatic carbocycles. The van der Waals surface area contributed by atoms with Crippen molar-refractivity contribution in [2.24, 2.45) is 0 Å². The van der Waals surface area contributed by atoms with Crippen LogP contribution in [0.3, 0.4) is 0 Å². The molecule has 0 aromatic rings. The van der Waals surface area contributed by atoms with E-state index in [9.17, 15) is 9.59 Å². The van der Waals surface area contributed by atoms with Gasteiger partial charge in [-0.3, -0.25) is 9.59 Å². The summed E-state index contributed by atoms with van der Waals surface area (Å²) in [4.78, 5) is 21.4. The number of carbonyl (C=O) groups excluding carboxylic acids is 2. The van der Waals surface area contributed by atoms with E-state index in [-0.39, 0.29) is 12.4 Å². The molecule has 5 nitrogen and oxygen atoms in total. The van der Waals surface area contributed by atoms with Crippen LogP contribution in [0.25, 0.3) is 0 Å². The number of aldehydes is 1. The largest absolute Gasteiger partial charge is 0.469 e. The van der Waals surface area contributed by atoms with Gasteiger partial charge in [0.05, 0.1) is 13.5 Å². The first kappa shape index (κ1) is 28.8. The normalized spacial score (nSPS) is 17.3. The lowest BCUT2D eigenvalue weighted by Gasteiger charge is -2.12. The average molecular weight is 431 g/mol. The van der Waals surface area contributed by atoms with Crippen LogP contribution in [-0.2, 0) is 14.3 Å². The van der Waals surface area contributed by atoms with Crippen molar-refractivity contribution in [3.63, 3.8) is 0 Å². The maximum Gasteiger partial charge on any atom is 0.309 e. The highest BCUT2D eigenvalue weighted by Crippen LogP contribution is 2.29. The van der Waals surface area contributed by atoms with Crippen molar-refractivity contribution in [3.05, 3.63) is 59.3 Å². The average Bonchev–Trinajstić information content (AvgIpc) is 3.08. The molecule has 0 aromatic heterocycles. The molecular formula is C26H42N2O3. The second-order valence-corrected chi connectivity index (χ2v) is 7.16. The molecule has 31 heavy (non-hydrogen) atoms. The molecule has 2 aliphatic carbocycles. The van der Waals surface area contributed by atoms with Crippen molar-refractivity contribution in [2.45, 2.75) is 65.3 Å². The highest BCUT2D eigenvalue weighted by atomic mass is 16.5. The summed E-state index contributed by atoms with van der Waals surface area (Å²) in [6.07, 6.45) is 15.7. The molecule has 0 aliphatic heterocycles. The zero-order valence-corrected chi connectivity index (χ0v) is 20.1. The van der Waals surface area contributed by atoms with Crippen LogP contribution < -0.4 is 10.6 Å². The summed E-state index contributed by atoms with van der Waals surface area (Å²) in [5.74, 6) is -0.274. The van der Waals surface area contributed by atoms with Gasteiger partial charge in [0, 0.05) is 6.04 Å². The second-order valence-electron chi connectivity index (χ2n) is 7.16. The van der Waals surface area contributed by atoms with Gasteiger partial charge in [0.15, 0.2) is 0 Å². The van der Waals surface area contributed by atoms with Gasteiger partial charge in [0.2, 0.25) is 0 Å². The fourth-order valence-corrected chi connectivity index (χ4v) is 3.35. The molecule has 0 saturated carbocycles. The molecule has 0 amide bonds. The molecular weight excluding hydrogens is 388 g/mol. The third kappa shape index (κ3) is 12.3. The van der Waals surface area contributed by atoms with Gasteiger partial charge in [-0.2, -0.15) is 0 Å². The van der Waals surface area contributed by atoms with Gasteiger partial charge in [-0.1, -0.05) is 63.3 Å². The Kier molecular flexibility index (Phi) is 17.2. The van der Waals surface area contributed by atoms with Gasteiger partial charge in [0.1, 0.15) is 6.29 Å². The number of esters is 1. The van der Waals surface area contributed by atoms with Crippen molar-refractivity contribution in [1.29, 1.82) is 0 Å². The number of nitrogens with one attached hydrogen (secondary N) is 2. The summed E-state index contributed by atoms with van der Waals surface area (Å²) < 4.78 is 4.54. The van der Waals surface area contributed by atoms with Crippen molar-refractivity contribution < 1.29 is 14.3 Å². The first-order valence-electron chi connectivity index (χ1n) is 11.4. The van der Waals surface area contributed by atoms with E-state index in [1.807, 2.05) is 39.1 Å². The van der Waals surface area contributed by atoms with Crippen LogP contribution in [-0.4, -0.2) is 45.5 Å². The van der Waals surface area contributed by atoms with E-state index in [0.717, 1.165) is 24.9 Å². The van der Waals surface area contributed by atoms with Crippen LogP contribution in [0.4, 0.5) is 0 Å². The summed E-state index contributed by atoms with van der Waals surface area (Å²) in [5.41, 5.74) is 4.63. The number of allylic oxidation sites excluding steroid dienone is 6. The van der Waals surface area contributed by atoms with Crippen LogP contribution in [0.15, 0.2) is 59.3 Å². The first-order valence-corrected chi connectivity index (χ1v) is 11.4. The Labute approximate surface area is 189 Å². The molecule has 1 unspecified atom stereocenters. The molecule has 0 saturated heterocycles. The Bertz CT molecular complexity index is 672. The molecule has 0 spiro atoms. The van der Waals surface area contributed by atoms with E-state index in [1.165, 1.54) is 38.4 Å². The quantitative estimate of drug-likeness (QED) is 0.295. The van der Waals surface area contributed by atoms with Gasteiger partial charge >= 0.3 is 5.97 Å². The fourth-order valence-electron chi connectivity index (χ4n) is 3.35. The lowest BCUT2D eigenvalue weighted by molar-refractivity contribution is -0.139. The van der Waals surface area contributed by atoms with E-state index < -0.39 is 0 Å². The summed E-state index contributed by atoms with van der Waals surface area (Å²) in [7, 11) is 3.36. The van der Waals surface area contributed by atoms with E-state index >= 15 is 0 Å². The van der Waals surface area contributed by atoms with Crippen molar-refractivity contribution in [2.75, 3.05) is 27.2 Å². The molecule has 2 aliphatic rings. The molecule has 2 N–H and O–H groups in total. The molecule has 0 radical (unpaired) electrons. The number of carbonyl (C=O) groups is 2. The Balaban J connectivity index is 0.000000539. The SMILES string of the molecule is C=CC1=C(CC)CC(NCCCNC)C1.CC.COC(=O)CC1=CC=C(C=O)CC=C1. The van der Waals surface area contributed by atoms with Crippen molar-refractivity contribution >= 4 is 12.3 Å². The predicted octanol–water partition coefficient (Wildman–Crippen LogP) is 4.83. The number of ether oxygens (including phenoxy) is 1. The molecule has 5 heteroatoms. The minimum atomic E-state index is -0.274. The van der Waals surface area contributed by atoms with Crippen molar-refractivity contribution in [1.82, 2.24) is 10.6 Å². The predicted molar refractivity (Wildman–Crippen MR) is 131 cm³/mol. The van der Waals surface area contributed by atoms with E-state index in [2.05, 4.69) is 28.9 Å². The minimum absolute atomic E-state index is 0.246. The van der Waals surface area contributed by atoms with Gasteiger partial charge < -0.3 is 15.4 Å². The van der Waals surface area contributed by atoms with E-state index in [1.54, 1.807) is 17.7 Å². The maximum atomic E-state index is 11.0. The minimum Gasteiger partial charge on any atom is -0.469 e. The number of hydrogen-bond acceptors (Lipinski definition) is 5. The van der Waals surface area contributed by atoms with Gasteiger partial charge in [-0.15, -0.1) is 0 Å². The third-order valence-electron chi connectivity index (χ3n) is 5.05. The fraction of sp³-hybridized carbons (Fsp3) is 0.538. The Morgan fingerprint density at radius 2 is 2.00 bits per heavy atom. The molecule has 1 atom stereocenters. The zero-order valence-electron chi connectivity index (χ0n) is 20.1.